The molecule has 1 amide bonds. The lowest BCUT2D eigenvalue weighted by Gasteiger charge is -2.37. The summed E-state index contributed by atoms with van der Waals surface area (Å²) < 4.78 is 73.2. The number of aliphatic hydroxyl groups is 1. The Balaban J connectivity index is 1.93. The molecule has 0 aliphatic carbocycles. The van der Waals surface area contributed by atoms with Gasteiger partial charge in [-0.25, -0.2) is 0 Å². The van der Waals surface area contributed by atoms with Gasteiger partial charge >= 0.3 is 12.1 Å². The van der Waals surface area contributed by atoms with Gasteiger partial charge in [0, 0.05) is 6.42 Å². The van der Waals surface area contributed by atoms with E-state index in [9.17, 15) is 31.9 Å². The summed E-state index contributed by atoms with van der Waals surface area (Å²) in [6, 6.07) is 12.5. The zero-order valence-electron chi connectivity index (χ0n) is 16.6. The van der Waals surface area contributed by atoms with E-state index in [2.05, 4.69) is 5.10 Å². The predicted molar refractivity (Wildman–Crippen MR) is 102 cm³/mol. The molecular weight excluding hydrogens is 423 g/mol. The highest BCUT2D eigenvalue weighted by Gasteiger charge is 2.75. The number of aryl methyl sites for hydroxylation is 2. The standard InChI is InChI=1S/C21H19F5N2O3/c1-13-8-14(2)10-16(9-13)31-12-18(29)28-19(30,20(22,23)21(24,25)26)11-17(27-28)15-6-4-3-5-7-15/h3-10,30H,11-12H2,1-2H3/t19-/m0/s1. The van der Waals surface area contributed by atoms with Crippen molar-refractivity contribution in [2.75, 3.05) is 6.61 Å². The average Bonchev–Trinajstić information content (AvgIpc) is 3.05. The Labute approximate surface area is 174 Å². The summed E-state index contributed by atoms with van der Waals surface area (Å²) >= 11 is 0. The largest absolute Gasteiger partial charge is 0.484 e. The predicted octanol–water partition coefficient (Wildman–Crippen LogP) is 4.21. The first kappa shape index (κ1) is 22.7. The maximum Gasteiger partial charge on any atom is 0.458 e. The first-order valence-electron chi connectivity index (χ1n) is 9.19. The van der Waals surface area contributed by atoms with Crippen LogP contribution in [0.1, 0.15) is 23.1 Å². The van der Waals surface area contributed by atoms with Crippen LogP contribution in [0.4, 0.5) is 22.0 Å². The molecule has 31 heavy (non-hydrogen) atoms. The van der Waals surface area contributed by atoms with Crippen molar-refractivity contribution in [3.63, 3.8) is 0 Å². The molecule has 10 heteroatoms. The summed E-state index contributed by atoms with van der Waals surface area (Å²) in [4.78, 5) is 12.6. The molecule has 0 radical (unpaired) electrons. The Hall–Kier alpha value is -3.01. The molecule has 0 fully saturated rings. The van der Waals surface area contributed by atoms with E-state index in [0.717, 1.165) is 11.1 Å². The third-order valence-corrected chi connectivity index (χ3v) is 4.74. The van der Waals surface area contributed by atoms with Gasteiger partial charge in [0.2, 0.25) is 5.72 Å². The van der Waals surface area contributed by atoms with Crippen molar-refractivity contribution in [2.24, 2.45) is 5.10 Å². The molecule has 1 heterocycles. The zero-order valence-corrected chi connectivity index (χ0v) is 16.6. The number of halogens is 5. The lowest BCUT2D eigenvalue weighted by molar-refractivity contribution is -0.363. The molecule has 5 nitrogen and oxygen atoms in total. The fraction of sp³-hybridized carbons (Fsp3) is 0.333. The lowest BCUT2D eigenvalue weighted by atomic mass is 9.95. The number of hydrogen-bond acceptors (Lipinski definition) is 4. The average molecular weight is 442 g/mol. The van der Waals surface area contributed by atoms with E-state index in [0.29, 0.717) is 0 Å². The minimum Gasteiger partial charge on any atom is -0.484 e. The monoisotopic (exact) mass is 442 g/mol. The molecule has 2 aromatic rings. The minimum absolute atomic E-state index is 0.199. The Morgan fingerprint density at radius 1 is 1.10 bits per heavy atom. The highest BCUT2D eigenvalue weighted by atomic mass is 19.4. The number of carbonyl (C=O) groups excluding carboxylic acids is 1. The topological polar surface area (TPSA) is 62.1 Å². The smallest absolute Gasteiger partial charge is 0.458 e. The molecule has 1 aliphatic rings. The van der Waals surface area contributed by atoms with E-state index in [1.807, 2.05) is 6.07 Å². The molecule has 0 spiro atoms. The van der Waals surface area contributed by atoms with Gasteiger partial charge in [-0.1, -0.05) is 36.4 Å². The second-order valence-corrected chi connectivity index (χ2v) is 7.30. The van der Waals surface area contributed by atoms with Gasteiger partial charge in [0.05, 0.1) is 5.71 Å². The number of rotatable bonds is 5. The van der Waals surface area contributed by atoms with Crippen molar-refractivity contribution >= 4 is 11.6 Å². The van der Waals surface area contributed by atoms with Gasteiger partial charge in [0.1, 0.15) is 5.75 Å². The Kier molecular flexibility index (Phi) is 5.79. The molecule has 0 saturated carbocycles. The Morgan fingerprint density at radius 2 is 1.68 bits per heavy atom. The number of benzene rings is 2. The number of amides is 1. The van der Waals surface area contributed by atoms with Crippen molar-refractivity contribution in [3.8, 4) is 5.75 Å². The first-order valence-corrected chi connectivity index (χ1v) is 9.19. The molecule has 0 unspecified atom stereocenters. The highest BCUT2D eigenvalue weighted by Crippen LogP contribution is 2.49. The number of hydrogen-bond donors (Lipinski definition) is 1. The van der Waals surface area contributed by atoms with Gasteiger partial charge in [0.25, 0.3) is 5.91 Å². The van der Waals surface area contributed by atoms with E-state index < -0.39 is 36.8 Å². The van der Waals surface area contributed by atoms with Crippen LogP contribution in [0.3, 0.4) is 0 Å². The third-order valence-electron chi connectivity index (χ3n) is 4.74. The van der Waals surface area contributed by atoms with E-state index in [-0.39, 0.29) is 22.0 Å². The van der Waals surface area contributed by atoms with Crippen molar-refractivity contribution in [1.29, 1.82) is 0 Å². The molecule has 1 N–H and O–H groups in total. The summed E-state index contributed by atoms with van der Waals surface area (Å²) in [5, 5.41) is 13.9. The molecule has 3 rings (SSSR count). The Bertz CT molecular complexity index is 988. The molecule has 2 aromatic carbocycles. The molecule has 0 aromatic heterocycles. The van der Waals surface area contributed by atoms with Crippen LogP contribution < -0.4 is 4.74 Å². The van der Waals surface area contributed by atoms with Crippen LogP contribution in [0, 0.1) is 13.8 Å². The van der Waals surface area contributed by atoms with Crippen LogP contribution in [-0.4, -0.2) is 46.2 Å². The number of alkyl halides is 5. The van der Waals surface area contributed by atoms with Gasteiger partial charge in [-0.3, -0.25) is 4.79 Å². The number of nitrogens with zero attached hydrogens (tertiary/aromatic N) is 2. The van der Waals surface area contributed by atoms with E-state index >= 15 is 0 Å². The molecule has 1 aliphatic heterocycles. The Morgan fingerprint density at radius 3 is 2.23 bits per heavy atom. The summed E-state index contributed by atoms with van der Waals surface area (Å²) in [5.74, 6) is -6.77. The molecular formula is C21H19F5N2O3. The van der Waals surface area contributed by atoms with Gasteiger partial charge in [-0.2, -0.15) is 32.1 Å². The first-order chi connectivity index (χ1) is 14.3. The second kappa shape index (κ2) is 7.92. The third kappa shape index (κ3) is 4.25. The maximum absolute atomic E-state index is 14.3. The van der Waals surface area contributed by atoms with Gasteiger partial charge in [-0.05, 0) is 42.7 Å². The van der Waals surface area contributed by atoms with Gasteiger partial charge in [0.15, 0.2) is 6.61 Å². The molecule has 1 atom stereocenters. The zero-order chi connectivity index (χ0) is 23.0. The van der Waals surface area contributed by atoms with Crippen LogP contribution in [0.2, 0.25) is 0 Å². The normalized spacial score (nSPS) is 19.4. The number of carbonyl (C=O) groups is 1. The van der Waals surface area contributed by atoms with E-state index in [4.69, 9.17) is 4.74 Å². The van der Waals surface area contributed by atoms with E-state index in [1.54, 1.807) is 32.0 Å². The summed E-state index contributed by atoms with van der Waals surface area (Å²) in [6.07, 6.45) is -7.32. The van der Waals surface area contributed by atoms with Gasteiger partial charge in [-0.15, -0.1) is 0 Å². The lowest BCUT2D eigenvalue weighted by Crippen LogP contribution is -2.65. The van der Waals surface area contributed by atoms with Crippen molar-refractivity contribution in [2.45, 2.75) is 38.1 Å². The fourth-order valence-corrected chi connectivity index (χ4v) is 3.29. The summed E-state index contributed by atoms with van der Waals surface area (Å²) in [6.45, 7) is 2.63. The van der Waals surface area contributed by atoms with Crippen molar-refractivity contribution < 1.29 is 36.6 Å². The van der Waals surface area contributed by atoms with Crippen LogP contribution in [0.25, 0.3) is 0 Å². The minimum atomic E-state index is -6.11. The van der Waals surface area contributed by atoms with Gasteiger partial charge < -0.3 is 9.84 Å². The SMILES string of the molecule is Cc1cc(C)cc(OCC(=O)N2N=C(c3ccccc3)C[C@]2(O)C(F)(F)C(F)(F)F)c1. The fourth-order valence-electron chi connectivity index (χ4n) is 3.29. The van der Waals surface area contributed by atoms with E-state index in [1.165, 1.54) is 24.3 Å². The number of ether oxygens (including phenoxy) is 1. The summed E-state index contributed by atoms with van der Waals surface area (Å²) in [5.41, 5.74) is -2.42. The second-order valence-electron chi connectivity index (χ2n) is 7.30. The molecule has 166 valence electrons. The van der Waals surface area contributed by atoms with Crippen molar-refractivity contribution in [1.82, 2.24) is 5.01 Å². The van der Waals surface area contributed by atoms with Crippen LogP contribution in [0.5, 0.6) is 5.75 Å². The highest BCUT2D eigenvalue weighted by molar-refractivity contribution is 6.03. The van der Waals surface area contributed by atoms with Crippen LogP contribution in [-0.2, 0) is 4.79 Å². The molecule has 0 saturated heterocycles. The number of hydrazone groups is 1. The van der Waals surface area contributed by atoms with Crippen LogP contribution >= 0.6 is 0 Å². The quantitative estimate of drug-likeness (QED) is 0.706. The maximum atomic E-state index is 14.3. The van der Waals surface area contributed by atoms with Crippen LogP contribution in [0.15, 0.2) is 53.6 Å². The molecule has 0 bridgehead atoms. The summed E-state index contributed by atoms with van der Waals surface area (Å²) in [7, 11) is 0. The van der Waals surface area contributed by atoms with Crippen molar-refractivity contribution in [3.05, 3.63) is 65.2 Å².